The number of anilines is 1. The smallest absolute Gasteiger partial charge is 0.323 e. The molecule has 11 heteroatoms. The zero-order chi connectivity index (χ0) is 21.3. The molecule has 3 aromatic rings. The van der Waals surface area contributed by atoms with Crippen LogP contribution in [0.3, 0.4) is 0 Å². The van der Waals surface area contributed by atoms with Crippen molar-refractivity contribution in [2.24, 2.45) is 0 Å². The van der Waals surface area contributed by atoms with E-state index >= 15 is 0 Å². The first-order valence-corrected chi connectivity index (χ1v) is 8.53. The number of amides is 1. The summed E-state index contributed by atoms with van der Waals surface area (Å²) in [5.74, 6) is -2.35. The number of nitrogens with zero attached hydrogens (tertiary/aromatic N) is 3. The number of alkyl halides is 3. The van der Waals surface area contributed by atoms with Crippen molar-refractivity contribution in [3.8, 4) is 0 Å². The quantitative estimate of drug-likeness (QED) is 0.650. The molecule has 0 radical (unpaired) electrons. The molecule has 0 spiro atoms. The third-order valence-electron chi connectivity index (χ3n) is 4.22. The minimum absolute atomic E-state index is 0.212. The molecule has 29 heavy (non-hydrogen) atoms. The van der Waals surface area contributed by atoms with Crippen LogP contribution in [0.4, 0.5) is 27.6 Å². The summed E-state index contributed by atoms with van der Waals surface area (Å²) in [6.45, 7) is 1.65. The van der Waals surface area contributed by atoms with Crippen LogP contribution in [0.1, 0.15) is 18.9 Å². The number of halogens is 5. The van der Waals surface area contributed by atoms with Crippen molar-refractivity contribution in [3.63, 3.8) is 0 Å². The predicted molar refractivity (Wildman–Crippen MR) is 94.3 cm³/mol. The van der Waals surface area contributed by atoms with Gasteiger partial charge in [0.25, 0.3) is 5.56 Å². The lowest BCUT2D eigenvalue weighted by atomic mass is 10.2. The molecule has 1 amide bonds. The standard InChI is InChI=1S/C18H15F5N4O2/c1-2-26-9-11-12(18(21,22)23)8-16(29)27(17(11)25-26)6-5-15(28)24-14-7-10(19)3-4-13(14)20/h3-4,7-9H,2,5-6H2,1H3,(H,24,28). The van der Waals surface area contributed by atoms with Crippen LogP contribution in [-0.4, -0.2) is 20.3 Å². The Balaban J connectivity index is 1.89. The summed E-state index contributed by atoms with van der Waals surface area (Å²) in [7, 11) is 0. The van der Waals surface area contributed by atoms with Gasteiger partial charge >= 0.3 is 6.18 Å². The number of benzene rings is 1. The number of carbonyl (C=O) groups excluding carboxylic acids is 1. The highest BCUT2D eigenvalue weighted by Gasteiger charge is 2.35. The Kier molecular flexibility index (Phi) is 5.40. The normalized spacial score (nSPS) is 11.8. The maximum Gasteiger partial charge on any atom is 0.417 e. The molecule has 0 atom stereocenters. The highest BCUT2D eigenvalue weighted by Crippen LogP contribution is 2.33. The fourth-order valence-corrected chi connectivity index (χ4v) is 2.82. The molecule has 0 aliphatic rings. The number of rotatable bonds is 5. The van der Waals surface area contributed by atoms with Crippen LogP contribution >= 0.6 is 0 Å². The van der Waals surface area contributed by atoms with Crippen LogP contribution in [0.5, 0.6) is 0 Å². The van der Waals surface area contributed by atoms with Crippen molar-refractivity contribution < 1.29 is 26.7 Å². The van der Waals surface area contributed by atoms with Crippen molar-refractivity contribution in [3.05, 3.63) is 58.0 Å². The SMILES string of the molecule is CCn1cc2c(C(F)(F)F)cc(=O)n(CCC(=O)Nc3cc(F)ccc3F)c2n1. The molecule has 2 aromatic heterocycles. The minimum atomic E-state index is -4.75. The highest BCUT2D eigenvalue weighted by molar-refractivity contribution is 5.91. The Bertz CT molecular complexity index is 1130. The van der Waals surface area contributed by atoms with Crippen molar-refractivity contribution in [2.75, 3.05) is 5.32 Å². The minimum Gasteiger partial charge on any atom is -0.323 e. The average Bonchev–Trinajstić information content (AvgIpc) is 3.06. The Morgan fingerprint density at radius 1 is 1.21 bits per heavy atom. The van der Waals surface area contributed by atoms with E-state index in [2.05, 4.69) is 10.4 Å². The van der Waals surface area contributed by atoms with Gasteiger partial charge in [-0.05, 0) is 19.1 Å². The molecule has 0 saturated heterocycles. The molecule has 2 heterocycles. The number of nitrogens with one attached hydrogen (secondary N) is 1. The van der Waals surface area contributed by atoms with Gasteiger partial charge in [0, 0.05) is 43.2 Å². The summed E-state index contributed by atoms with van der Waals surface area (Å²) in [4.78, 5) is 24.3. The van der Waals surface area contributed by atoms with Gasteiger partial charge in [0.1, 0.15) is 11.6 Å². The van der Waals surface area contributed by atoms with E-state index in [1.807, 2.05) is 0 Å². The van der Waals surface area contributed by atoms with Crippen molar-refractivity contribution in [1.29, 1.82) is 0 Å². The average molecular weight is 414 g/mol. The van der Waals surface area contributed by atoms with Gasteiger partial charge in [0.2, 0.25) is 5.91 Å². The molecule has 0 aliphatic carbocycles. The summed E-state index contributed by atoms with van der Waals surface area (Å²) in [6.07, 6.45) is -3.93. The second-order valence-corrected chi connectivity index (χ2v) is 6.19. The lowest BCUT2D eigenvalue weighted by molar-refractivity contribution is -0.136. The number of hydrogen-bond donors (Lipinski definition) is 1. The Labute approximate surface area is 160 Å². The van der Waals surface area contributed by atoms with Crippen LogP contribution in [0.2, 0.25) is 0 Å². The summed E-state index contributed by atoms with van der Waals surface area (Å²) >= 11 is 0. The van der Waals surface area contributed by atoms with E-state index in [0.717, 1.165) is 22.8 Å². The van der Waals surface area contributed by atoms with E-state index in [9.17, 15) is 31.5 Å². The van der Waals surface area contributed by atoms with E-state index in [1.165, 1.54) is 10.9 Å². The molecule has 6 nitrogen and oxygen atoms in total. The number of aryl methyl sites for hydroxylation is 2. The van der Waals surface area contributed by atoms with E-state index in [0.29, 0.717) is 6.07 Å². The van der Waals surface area contributed by atoms with Gasteiger partial charge in [-0.3, -0.25) is 18.8 Å². The third-order valence-corrected chi connectivity index (χ3v) is 4.22. The van der Waals surface area contributed by atoms with Crippen LogP contribution < -0.4 is 10.9 Å². The number of carbonyl (C=O) groups is 1. The maximum atomic E-state index is 13.6. The van der Waals surface area contributed by atoms with E-state index < -0.39 is 34.8 Å². The maximum absolute atomic E-state index is 13.6. The summed E-state index contributed by atoms with van der Waals surface area (Å²) in [5.41, 5.74) is -2.68. The van der Waals surface area contributed by atoms with Gasteiger partial charge in [-0.1, -0.05) is 0 Å². The van der Waals surface area contributed by atoms with Crippen LogP contribution in [0, 0.1) is 11.6 Å². The molecule has 0 bridgehead atoms. The molecular weight excluding hydrogens is 399 g/mol. The molecule has 1 aromatic carbocycles. The lowest BCUT2D eigenvalue weighted by Gasteiger charge is -2.12. The largest absolute Gasteiger partial charge is 0.417 e. The number of hydrogen-bond acceptors (Lipinski definition) is 3. The molecule has 3 rings (SSSR count). The topological polar surface area (TPSA) is 68.9 Å². The molecule has 1 N–H and O–H groups in total. The van der Waals surface area contributed by atoms with Crippen LogP contribution in [-0.2, 0) is 24.1 Å². The lowest BCUT2D eigenvalue weighted by Crippen LogP contribution is -2.25. The van der Waals surface area contributed by atoms with Crippen molar-refractivity contribution in [1.82, 2.24) is 14.3 Å². The molecule has 0 fully saturated rings. The highest BCUT2D eigenvalue weighted by atomic mass is 19.4. The van der Waals surface area contributed by atoms with E-state index in [-0.39, 0.29) is 36.2 Å². The first-order valence-electron chi connectivity index (χ1n) is 8.53. The first-order chi connectivity index (χ1) is 13.6. The molecule has 154 valence electrons. The molecule has 0 aliphatic heterocycles. The van der Waals surface area contributed by atoms with E-state index in [1.54, 1.807) is 6.92 Å². The van der Waals surface area contributed by atoms with Gasteiger partial charge in [0.15, 0.2) is 5.65 Å². The summed E-state index contributed by atoms with van der Waals surface area (Å²) in [5, 5.41) is 5.89. The van der Waals surface area contributed by atoms with Gasteiger partial charge in [-0.25, -0.2) is 8.78 Å². The van der Waals surface area contributed by atoms with Crippen molar-refractivity contribution >= 4 is 22.6 Å². The van der Waals surface area contributed by atoms with Gasteiger partial charge in [0.05, 0.1) is 11.3 Å². The van der Waals surface area contributed by atoms with Gasteiger partial charge in [-0.2, -0.15) is 18.3 Å². The van der Waals surface area contributed by atoms with Gasteiger partial charge < -0.3 is 5.32 Å². The zero-order valence-corrected chi connectivity index (χ0v) is 15.1. The number of fused-ring (bicyclic) bond motifs is 1. The second-order valence-electron chi connectivity index (χ2n) is 6.19. The van der Waals surface area contributed by atoms with Crippen molar-refractivity contribution in [2.45, 2.75) is 32.6 Å². The number of pyridine rings is 1. The van der Waals surface area contributed by atoms with Gasteiger partial charge in [-0.15, -0.1) is 0 Å². The molecule has 0 saturated carbocycles. The summed E-state index contributed by atoms with van der Waals surface area (Å²) in [6, 6.07) is 2.96. The predicted octanol–water partition coefficient (Wildman–Crippen LogP) is 3.54. The number of aromatic nitrogens is 3. The van der Waals surface area contributed by atoms with E-state index in [4.69, 9.17) is 0 Å². The van der Waals surface area contributed by atoms with Crippen LogP contribution in [0.15, 0.2) is 35.3 Å². The zero-order valence-electron chi connectivity index (χ0n) is 15.1. The Morgan fingerprint density at radius 2 is 1.93 bits per heavy atom. The summed E-state index contributed by atoms with van der Waals surface area (Å²) < 4.78 is 68.7. The molecular formula is C18H15F5N4O2. The third kappa shape index (κ3) is 4.28. The molecule has 0 unspecified atom stereocenters. The first kappa shape index (κ1) is 20.5. The fraction of sp³-hybridized carbons (Fsp3) is 0.278. The Hall–Kier alpha value is -3.24. The van der Waals surface area contributed by atoms with Crippen LogP contribution in [0.25, 0.3) is 11.0 Å². The monoisotopic (exact) mass is 414 g/mol. The second kappa shape index (κ2) is 7.64. The fourth-order valence-electron chi connectivity index (χ4n) is 2.82. The Morgan fingerprint density at radius 3 is 2.59 bits per heavy atom.